The monoisotopic (exact) mass is 712 g/mol. The number of carbonyl (C=O) groups excluding carboxylic acids is 1. The molecule has 4 atom stereocenters. The number of carbonyl (C=O) groups is 1. The van der Waals surface area contributed by atoms with Crippen LogP contribution in [-0.2, 0) is 4.79 Å². The van der Waals surface area contributed by atoms with Gasteiger partial charge in [-0.15, -0.1) is 0 Å². The fourth-order valence-corrected chi connectivity index (χ4v) is 7.23. The van der Waals surface area contributed by atoms with E-state index in [4.69, 9.17) is 0 Å². The summed E-state index contributed by atoms with van der Waals surface area (Å²) < 4.78 is 0. The van der Waals surface area contributed by atoms with Crippen molar-refractivity contribution in [2.45, 2.75) is 269 Å². The zero-order valence-electron chi connectivity index (χ0n) is 33.7. The first-order valence-corrected chi connectivity index (χ1v) is 22.4. The summed E-state index contributed by atoms with van der Waals surface area (Å²) in [6.45, 7) is 4.06. The Balaban J connectivity index is 3.65. The smallest absolute Gasteiger partial charge is 0.249 e. The highest BCUT2D eigenvalue weighted by molar-refractivity contribution is 5.80. The normalized spacial score (nSPS) is 14.1. The van der Waals surface area contributed by atoms with E-state index >= 15 is 0 Å². The molecule has 0 aliphatic rings. The number of unbranched alkanes of at least 4 members (excludes halogenated alkanes) is 32. The van der Waals surface area contributed by atoms with Crippen molar-refractivity contribution in [3.63, 3.8) is 0 Å². The molecule has 0 aromatic rings. The van der Waals surface area contributed by atoms with Crippen LogP contribution in [0.4, 0.5) is 0 Å². The summed E-state index contributed by atoms with van der Waals surface area (Å²) in [5.41, 5.74) is 0. The Bertz CT molecular complexity index is 677. The third kappa shape index (κ3) is 33.2. The topological polar surface area (TPSA) is 110 Å². The minimum absolute atomic E-state index is 0.376. The van der Waals surface area contributed by atoms with Gasteiger partial charge in [-0.05, 0) is 12.8 Å². The lowest BCUT2D eigenvalue weighted by atomic mass is 9.99. The van der Waals surface area contributed by atoms with Crippen LogP contribution in [0.25, 0.3) is 0 Å². The predicted molar refractivity (Wildman–Crippen MR) is 215 cm³/mol. The van der Waals surface area contributed by atoms with Gasteiger partial charge in [-0.25, -0.2) is 0 Å². The minimum atomic E-state index is -1.25. The van der Waals surface area contributed by atoms with Gasteiger partial charge in [-0.1, -0.05) is 232 Å². The lowest BCUT2D eigenvalue weighted by Crippen LogP contribution is -2.53. The van der Waals surface area contributed by atoms with Crippen molar-refractivity contribution in [2.24, 2.45) is 0 Å². The third-order valence-corrected chi connectivity index (χ3v) is 10.8. The first-order valence-electron chi connectivity index (χ1n) is 22.4. The maximum absolute atomic E-state index is 12.5. The SMILES string of the molecule is CCCCCCCCCCCCCCCCCCCCCCCCC(O)C(=O)N[C@@H](CO)[C@H](O)[C@H](O)CCCCCCCCCCCCCC. The Kier molecular flexibility index (Phi) is 39.0. The Morgan fingerprint density at radius 3 is 0.960 bits per heavy atom. The molecule has 0 rings (SSSR count). The number of rotatable bonds is 41. The van der Waals surface area contributed by atoms with Crippen LogP contribution in [-0.4, -0.2) is 57.3 Å². The molecule has 0 saturated carbocycles. The van der Waals surface area contributed by atoms with E-state index in [0.29, 0.717) is 12.8 Å². The van der Waals surface area contributed by atoms with E-state index in [1.54, 1.807) is 0 Å². The molecule has 0 aliphatic heterocycles. The summed E-state index contributed by atoms with van der Waals surface area (Å²) in [6, 6.07) is -0.978. The molecule has 0 aromatic heterocycles. The zero-order valence-corrected chi connectivity index (χ0v) is 33.7. The van der Waals surface area contributed by atoms with Gasteiger partial charge in [0.2, 0.25) is 5.91 Å². The molecule has 0 aliphatic carbocycles. The van der Waals surface area contributed by atoms with Crippen LogP contribution in [0.3, 0.4) is 0 Å². The number of nitrogens with one attached hydrogen (secondary N) is 1. The number of aliphatic hydroxyl groups excluding tert-OH is 4. The Labute approximate surface area is 311 Å². The highest BCUT2D eigenvalue weighted by atomic mass is 16.3. The van der Waals surface area contributed by atoms with Crippen LogP contribution >= 0.6 is 0 Å². The first-order chi connectivity index (χ1) is 24.5. The zero-order chi connectivity index (χ0) is 36.8. The summed E-state index contributed by atoms with van der Waals surface area (Å²) in [4.78, 5) is 12.5. The first kappa shape index (κ1) is 49.3. The second kappa shape index (κ2) is 39.5. The summed E-state index contributed by atoms with van der Waals surface area (Å²) in [5.74, 6) is -0.579. The van der Waals surface area contributed by atoms with Crippen LogP contribution in [0.5, 0.6) is 0 Å². The van der Waals surface area contributed by atoms with Gasteiger partial charge in [0.15, 0.2) is 0 Å². The van der Waals surface area contributed by atoms with E-state index in [0.717, 1.165) is 38.5 Å². The Morgan fingerprint density at radius 2 is 0.680 bits per heavy atom. The molecule has 6 heteroatoms. The lowest BCUT2D eigenvalue weighted by Gasteiger charge is -2.27. The van der Waals surface area contributed by atoms with Crippen molar-refractivity contribution in [1.29, 1.82) is 0 Å². The quantitative estimate of drug-likeness (QED) is 0.0406. The average Bonchev–Trinajstić information content (AvgIpc) is 3.12. The maximum atomic E-state index is 12.5. The fraction of sp³-hybridized carbons (Fsp3) is 0.977. The van der Waals surface area contributed by atoms with Crippen molar-refractivity contribution in [3.05, 3.63) is 0 Å². The van der Waals surface area contributed by atoms with Crippen LogP contribution in [0.15, 0.2) is 0 Å². The average molecular weight is 712 g/mol. The van der Waals surface area contributed by atoms with Crippen LogP contribution in [0.1, 0.15) is 245 Å². The molecule has 0 heterocycles. The number of aliphatic hydroxyl groups is 4. The molecule has 6 nitrogen and oxygen atoms in total. The molecule has 0 aromatic carbocycles. The van der Waals surface area contributed by atoms with Crippen molar-refractivity contribution in [2.75, 3.05) is 6.61 Å². The number of hydrogen-bond donors (Lipinski definition) is 5. The van der Waals surface area contributed by atoms with Gasteiger partial charge in [-0.2, -0.15) is 0 Å². The molecule has 0 saturated heterocycles. The highest BCUT2D eigenvalue weighted by Crippen LogP contribution is 2.17. The predicted octanol–water partition coefficient (Wildman–Crippen LogP) is 11.6. The molecule has 1 amide bonds. The van der Waals surface area contributed by atoms with Gasteiger partial charge in [-0.3, -0.25) is 4.79 Å². The molecule has 300 valence electrons. The highest BCUT2D eigenvalue weighted by Gasteiger charge is 2.28. The molecule has 0 spiro atoms. The van der Waals surface area contributed by atoms with Crippen LogP contribution in [0.2, 0.25) is 0 Å². The van der Waals surface area contributed by atoms with Gasteiger partial charge < -0.3 is 25.7 Å². The molecule has 1 unspecified atom stereocenters. The molecule has 0 fully saturated rings. The largest absolute Gasteiger partial charge is 0.394 e. The van der Waals surface area contributed by atoms with E-state index in [2.05, 4.69) is 19.2 Å². The van der Waals surface area contributed by atoms with E-state index in [-0.39, 0.29) is 0 Å². The molecule has 0 radical (unpaired) electrons. The minimum Gasteiger partial charge on any atom is -0.394 e. The molecule has 5 N–H and O–H groups in total. The van der Waals surface area contributed by atoms with Crippen molar-refractivity contribution < 1.29 is 25.2 Å². The van der Waals surface area contributed by atoms with Gasteiger partial charge in [0.25, 0.3) is 0 Å². The summed E-state index contributed by atoms with van der Waals surface area (Å²) >= 11 is 0. The third-order valence-electron chi connectivity index (χ3n) is 10.8. The van der Waals surface area contributed by atoms with Crippen molar-refractivity contribution in [3.8, 4) is 0 Å². The number of amides is 1. The second-order valence-corrected chi connectivity index (χ2v) is 15.8. The lowest BCUT2D eigenvalue weighted by molar-refractivity contribution is -0.132. The van der Waals surface area contributed by atoms with Crippen LogP contribution in [0, 0.1) is 0 Å². The Hall–Kier alpha value is -0.690. The fourth-order valence-electron chi connectivity index (χ4n) is 7.23. The van der Waals surface area contributed by atoms with Crippen LogP contribution < -0.4 is 5.32 Å². The molecule has 50 heavy (non-hydrogen) atoms. The Morgan fingerprint density at radius 1 is 0.420 bits per heavy atom. The van der Waals surface area contributed by atoms with E-state index in [9.17, 15) is 25.2 Å². The van der Waals surface area contributed by atoms with Gasteiger partial charge >= 0.3 is 0 Å². The van der Waals surface area contributed by atoms with E-state index in [1.807, 2.05) is 0 Å². The summed E-state index contributed by atoms with van der Waals surface area (Å²) in [7, 11) is 0. The van der Waals surface area contributed by atoms with E-state index < -0.39 is 36.9 Å². The van der Waals surface area contributed by atoms with Crippen molar-refractivity contribution in [1.82, 2.24) is 5.32 Å². The van der Waals surface area contributed by atoms with Gasteiger partial charge in [0.05, 0.1) is 18.8 Å². The number of hydrogen-bond acceptors (Lipinski definition) is 5. The van der Waals surface area contributed by atoms with Gasteiger partial charge in [0, 0.05) is 0 Å². The van der Waals surface area contributed by atoms with E-state index in [1.165, 1.54) is 180 Å². The standard InChI is InChI=1S/C44H89NO5/c1-3-5-7-9-11-13-15-17-18-19-20-21-22-23-24-25-26-28-30-32-34-36-38-42(48)44(50)45-40(39-46)43(49)41(47)37-35-33-31-29-27-16-14-12-10-8-6-4-2/h40-43,46-49H,3-39H2,1-2H3,(H,45,50)/t40-,41+,42?,43-/m0/s1. The van der Waals surface area contributed by atoms with Gasteiger partial charge in [0.1, 0.15) is 12.2 Å². The molecular weight excluding hydrogens is 622 g/mol. The summed E-state index contributed by atoms with van der Waals surface area (Å²) in [6.07, 6.45) is 41.4. The molecular formula is C44H89NO5. The second-order valence-electron chi connectivity index (χ2n) is 15.8. The maximum Gasteiger partial charge on any atom is 0.249 e. The molecule has 0 bridgehead atoms. The van der Waals surface area contributed by atoms with Crippen molar-refractivity contribution >= 4 is 5.91 Å². The summed E-state index contributed by atoms with van der Waals surface area (Å²) in [5, 5.41) is 43.6.